The average molecular weight is 705 g/mol. The Morgan fingerprint density at radius 3 is 0.846 bits per heavy atom. The van der Waals surface area contributed by atoms with E-state index in [1.54, 1.807) is 0 Å². The molecule has 0 N–H and O–H groups in total. The summed E-state index contributed by atoms with van der Waals surface area (Å²) in [6.07, 6.45) is 0. The zero-order chi connectivity index (χ0) is 35.5. The molecule has 6 aromatic rings. The van der Waals surface area contributed by atoms with E-state index in [0.29, 0.717) is 0 Å². The predicted molar refractivity (Wildman–Crippen MR) is 225 cm³/mol. The van der Waals surface area contributed by atoms with Crippen LogP contribution in [0.4, 0.5) is 11.4 Å². The van der Waals surface area contributed by atoms with Crippen molar-refractivity contribution in [1.82, 2.24) is 0 Å². The van der Waals surface area contributed by atoms with Gasteiger partial charge in [0, 0.05) is 48.1 Å². The molecular formula is C49H53ClN2. The lowest BCUT2D eigenvalue weighted by atomic mass is 9.83. The molecule has 0 aliphatic carbocycles. The molecule has 266 valence electrons. The molecule has 4 unspecified atom stereocenters. The molecular weight excluding hydrogens is 652 g/mol. The molecule has 1 aliphatic rings. The van der Waals surface area contributed by atoms with Crippen molar-refractivity contribution in [3.8, 4) is 0 Å². The highest BCUT2D eigenvalue weighted by Gasteiger charge is 2.32. The van der Waals surface area contributed by atoms with Gasteiger partial charge in [-0.3, -0.25) is 0 Å². The number of hydrogen-bond donors (Lipinski definition) is 0. The van der Waals surface area contributed by atoms with Crippen LogP contribution in [0.2, 0.25) is 0 Å². The summed E-state index contributed by atoms with van der Waals surface area (Å²) in [5.74, 6) is 1.05. The molecule has 1 saturated heterocycles. The van der Waals surface area contributed by atoms with Gasteiger partial charge in [-0.1, -0.05) is 184 Å². The summed E-state index contributed by atoms with van der Waals surface area (Å²) >= 11 is 0. The van der Waals surface area contributed by atoms with Crippen molar-refractivity contribution < 1.29 is 0 Å². The van der Waals surface area contributed by atoms with Crippen LogP contribution in [-0.4, -0.2) is 19.8 Å². The number of hydrogen-bond acceptors (Lipinski definition) is 2. The molecule has 52 heavy (non-hydrogen) atoms. The van der Waals surface area contributed by atoms with E-state index in [0.717, 1.165) is 19.8 Å². The van der Waals surface area contributed by atoms with Crippen molar-refractivity contribution in [1.29, 1.82) is 0 Å². The van der Waals surface area contributed by atoms with Crippen LogP contribution in [0.1, 0.15) is 107 Å². The van der Waals surface area contributed by atoms with Crippen molar-refractivity contribution in [3.63, 3.8) is 0 Å². The van der Waals surface area contributed by atoms with Gasteiger partial charge >= 0.3 is 0 Å². The molecule has 3 heteroatoms. The molecule has 0 bridgehead atoms. The van der Waals surface area contributed by atoms with Crippen molar-refractivity contribution in [2.45, 2.75) is 65.2 Å². The molecule has 0 spiro atoms. The summed E-state index contributed by atoms with van der Waals surface area (Å²) in [5.41, 5.74) is 16.5. The van der Waals surface area contributed by atoms with E-state index in [1.165, 1.54) is 67.0 Å². The van der Waals surface area contributed by atoms with E-state index >= 15 is 0 Å². The summed E-state index contributed by atoms with van der Waals surface area (Å²) in [5, 5.41) is 0. The van der Waals surface area contributed by atoms with E-state index in [9.17, 15) is 0 Å². The number of rotatable bonds is 10. The van der Waals surface area contributed by atoms with Crippen LogP contribution in [-0.2, 0) is 0 Å². The summed E-state index contributed by atoms with van der Waals surface area (Å²) < 4.78 is 0. The van der Waals surface area contributed by atoms with E-state index in [2.05, 4.69) is 197 Å². The van der Waals surface area contributed by atoms with Gasteiger partial charge in [0.25, 0.3) is 0 Å². The Balaban J connectivity index is 0.00000464. The van der Waals surface area contributed by atoms with Gasteiger partial charge in [0.1, 0.15) is 0 Å². The van der Waals surface area contributed by atoms with Crippen LogP contribution < -0.4 is 9.80 Å². The zero-order valence-electron chi connectivity index (χ0n) is 31.6. The van der Waals surface area contributed by atoms with E-state index < -0.39 is 0 Å². The van der Waals surface area contributed by atoms with E-state index in [-0.39, 0.29) is 36.1 Å². The van der Waals surface area contributed by atoms with Crippen molar-refractivity contribution >= 4 is 23.8 Å². The fourth-order valence-corrected chi connectivity index (χ4v) is 8.36. The first-order chi connectivity index (χ1) is 24.8. The maximum atomic E-state index is 2.69. The Morgan fingerprint density at radius 1 is 0.385 bits per heavy atom. The largest absolute Gasteiger partial charge is 0.352 e. The second kappa shape index (κ2) is 16.3. The molecule has 4 atom stereocenters. The number of nitrogens with zero attached hydrogens (tertiary/aromatic N) is 2. The highest BCUT2D eigenvalue weighted by Crippen LogP contribution is 2.45. The van der Waals surface area contributed by atoms with Crippen LogP contribution in [0.3, 0.4) is 0 Å². The quantitative estimate of drug-likeness (QED) is 0.140. The number of aryl methyl sites for hydroxylation is 2. The molecule has 1 heterocycles. The van der Waals surface area contributed by atoms with Gasteiger partial charge in [-0.15, -0.1) is 12.4 Å². The van der Waals surface area contributed by atoms with Crippen LogP contribution in [0, 0.1) is 13.8 Å². The lowest BCUT2D eigenvalue weighted by molar-refractivity contribution is 0.830. The van der Waals surface area contributed by atoms with Crippen molar-refractivity contribution in [2.75, 3.05) is 29.6 Å². The van der Waals surface area contributed by atoms with Gasteiger partial charge in [0.05, 0.1) is 6.67 Å². The summed E-state index contributed by atoms with van der Waals surface area (Å²) in [4.78, 5) is 5.38. The molecule has 7 rings (SSSR count). The van der Waals surface area contributed by atoms with Gasteiger partial charge in [0.15, 0.2) is 0 Å². The van der Waals surface area contributed by atoms with Crippen molar-refractivity contribution in [3.05, 3.63) is 201 Å². The first-order valence-electron chi connectivity index (χ1n) is 18.8. The van der Waals surface area contributed by atoms with Gasteiger partial charge in [-0.2, -0.15) is 0 Å². The molecule has 6 aromatic carbocycles. The second-order valence-electron chi connectivity index (χ2n) is 14.8. The maximum absolute atomic E-state index is 2.69. The fraction of sp³-hybridized carbons (Fsp3) is 0.265. The minimum Gasteiger partial charge on any atom is -0.352 e. The first kappa shape index (κ1) is 37.0. The van der Waals surface area contributed by atoms with Crippen LogP contribution in [0.25, 0.3) is 0 Å². The maximum Gasteiger partial charge on any atom is 0.0904 e. The lowest BCUT2D eigenvalue weighted by Crippen LogP contribution is -2.29. The normalized spacial score (nSPS) is 15.1. The topological polar surface area (TPSA) is 6.48 Å². The average Bonchev–Trinajstić information content (AvgIpc) is 3.66. The highest BCUT2D eigenvalue weighted by molar-refractivity contribution is 5.85. The standard InChI is InChI=1S/C49H52N2.ClH/c1-34-29-44(36(3)40-19-11-7-12-20-40)48(45(30-34)37(4)41-21-13-8-14-22-41)50-27-28-51(33-50)49-46(38(5)42-23-15-9-16-24-42)31-35(2)32-47(49)39(6)43-25-17-10-18-26-43;/h7-26,29-32,36-39H,27-28,33H2,1-6H3;1H. The fourth-order valence-electron chi connectivity index (χ4n) is 8.36. The zero-order valence-corrected chi connectivity index (χ0v) is 32.4. The molecule has 0 saturated carbocycles. The third-order valence-electron chi connectivity index (χ3n) is 11.3. The van der Waals surface area contributed by atoms with Gasteiger partial charge in [-0.05, 0) is 58.4 Å². The molecule has 0 aromatic heterocycles. The van der Waals surface area contributed by atoms with Crippen LogP contribution in [0.5, 0.6) is 0 Å². The van der Waals surface area contributed by atoms with Crippen LogP contribution >= 0.6 is 12.4 Å². The Kier molecular flexibility index (Phi) is 11.6. The second-order valence-corrected chi connectivity index (χ2v) is 14.8. The number of anilines is 2. The van der Waals surface area contributed by atoms with E-state index in [1.807, 2.05) is 0 Å². The van der Waals surface area contributed by atoms with Gasteiger partial charge in [-0.25, -0.2) is 0 Å². The Bertz CT molecular complexity index is 1780. The molecule has 1 fully saturated rings. The predicted octanol–water partition coefficient (Wildman–Crippen LogP) is 12.6. The molecule has 2 nitrogen and oxygen atoms in total. The Labute approximate surface area is 318 Å². The van der Waals surface area contributed by atoms with Gasteiger partial charge < -0.3 is 9.80 Å². The smallest absolute Gasteiger partial charge is 0.0904 e. The summed E-state index contributed by atoms with van der Waals surface area (Å²) in [6, 6.07) is 54.0. The third kappa shape index (κ3) is 7.55. The lowest BCUT2D eigenvalue weighted by Gasteiger charge is -2.33. The van der Waals surface area contributed by atoms with Crippen molar-refractivity contribution in [2.24, 2.45) is 0 Å². The molecule has 1 aliphatic heterocycles. The summed E-state index contributed by atoms with van der Waals surface area (Å²) in [6.45, 7) is 16.9. The number of benzene rings is 6. The Morgan fingerprint density at radius 2 is 0.615 bits per heavy atom. The Hall–Kier alpha value is -4.79. The van der Waals surface area contributed by atoms with Crippen LogP contribution in [0.15, 0.2) is 146 Å². The number of halogens is 1. The summed E-state index contributed by atoms with van der Waals surface area (Å²) in [7, 11) is 0. The van der Waals surface area contributed by atoms with Gasteiger partial charge in [0.2, 0.25) is 0 Å². The molecule has 0 radical (unpaired) electrons. The minimum absolute atomic E-state index is 0. The first-order valence-corrected chi connectivity index (χ1v) is 18.8. The van der Waals surface area contributed by atoms with E-state index in [4.69, 9.17) is 0 Å². The SMILES string of the molecule is Cc1cc(C(C)c2ccccc2)c(N2CCN(c3c(C(C)c4ccccc4)cc(C)cc3C(C)c3ccccc3)C2)c(C(C)c2ccccc2)c1.Cl. The third-order valence-corrected chi connectivity index (χ3v) is 11.3. The molecule has 0 amide bonds. The minimum atomic E-state index is 0. The highest BCUT2D eigenvalue weighted by atomic mass is 35.5. The monoisotopic (exact) mass is 704 g/mol.